The van der Waals surface area contributed by atoms with Crippen LogP contribution in [0.25, 0.3) is 0 Å². The highest BCUT2D eigenvalue weighted by atomic mass is 16.4. The van der Waals surface area contributed by atoms with Gasteiger partial charge in [0.2, 0.25) is 5.89 Å². The Balaban J connectivity index is 1.76. The second-order valence-corrected chi connectivity index (χ2v) is 5.29. The Kier molecular flexibility index (Phi) is 5.01. The number of nitrogens with zero attached hydrogens (tertiary/aromatic N) is 2. The second-order valence-electron chi connectivity index (χ2n) is 5.29. The van der Waals surface area contributed by atoms with Crippen LogP contribution in [0.15, 0.2) is 65.1 Å². The number of hydrogen-bond donors (Lipinski definition) is 2. The van der Waals surface area contributed by atoms with Crippen LogP contribution in [-0.4, -0.2) is 23.8 Å². The van der Waals surface area contributed by atoms with Crippen LogP contribution in [0.2, 0.25) is 0 Å². The van der Waals surface area contributed by atoms with Crippen molar-refractivity contribution >= 4 is 6.01 Å². The predicted molar refractivity (Wildman–Crippen MR) is 90.3 cm³/mol. The first-order chi connectivity index (χ1) is 11.4. The lowest BCUT2D eigenvalue weighted by atomic mass is 9.91. The summed E-state index contributed by atoms with van der Waals surface area (Å²) in [5.41, 5.74) is 2.50. The van der Waals surface area contributed by atoms with Gasteiger partial charge in [-0.25, -0.2) is 0 Å². The van der Waals surface area contributed by atoms with E-state index in [1.165, 1.54) is 11.1 Å². The van der Waals surface area contributed by atoms with E-state index < -0.39 is 0 Å². The Labute approximate surface area is 135 Å². The summed E-state index contributed by atoms with van der Waals surface area (Å²) < 4.78 is 5.55. The van der Waals surface area contributed by atoms with Gasteiger partial charge < -0.3 is 15.1 Å². The van der Waals surface area contributed by atoms with Crippen molar-refractivity contribution in [3.05, 3.63) is 77.7 Å². The zero-order chi connectivity index (χ0) is 15.9. The van der Waals surface area contributed by atoms with Crippen molar-refractivity contribution in [3.8, 4) is 0 Å². The molecule has 1 aromatic heterocycles. The molecule has 0 aliphatic carbocycles. The van der Waals surface area contributed by atoms with E-state index in [-0.39, 0.29) is 5.92 Å². The van der Waals surface area contributed by atoms with E-state index in [1.54, 1.807) is 0 Å². The summed E-state index contributed by atoms with van der Waals surface area (Å²) in [7, 11) is 1.85. The minimum atomic E-state index is 0.219. The normalized spacial score (nSPS) is 10.9. The van der Waals surface area contributed by atoms with E-state index in [4.69, 9.17) is 4.42 Å². The first kappa shape index (κ1) is 15.2. The molecule has 1 heterocycles. The molecule has 3 rings (SSSR count). The van der Waals surface area contributed by atoms with Crippen molar-refractivity contribution in [2.75, 3.05) is 18.9 Å². The summed E-state index contributed by atoms with van der Waals surface area (Å²) in [6, 6.07) is 21.3. The molecule has 0 bridgehead atoms. The molecule has 0 aliphatic rings. The molecule has 2 N–H and O–H groups in total. The van der Waals surface area contributed by atoms with Crippen LogP contribution >= 0.6 is 0 Å². The van der Waals surface area contributed by atoms with Gasteiger partial charge in [-0.1, -0.05) is 65.8 Å². The van der Waals surface area contributed by atoms with Gasteiger partial charge >= 0.3 is 6.01 Å². The predicted octanol–water partition coefficient (Wildman–Crippen LogP) is 3.03. The fourth-order valence-electron chi connectivity index (χ4n) is 2.54. The first-order valence-corrected chi connectivity index (χ1v) is 7.67. The molecule has 0 unspecified atom stereocenters. The smallest absolute Gasteiger partial charge is 0.315 e. The molecule has 0 saturated heterocycles. The molecular weight excluding hydrogens is 288 g/mol. The third kappa shape index (κ3) is 3.96. The molecule has 5 nitrogen and oxygen atoms in total. The first-order valence-electron chi connectivity index (χ1n) is 7.67. The topological polar surface area (TPSA) is 63.0 Å². The van der Waals surface area contributed by atoms with Gasteiger partial charge in [0.05, 0.1) is 6.54 Å². The van der Waals surface area contributed by atoms with E-state index in [0.717, 1.165) is 0 Å². The van der Waals surface area contributed by atoms with Crippen molar-refractivity contribution in [2.45, 2.75) is 12.5 Å². The van der Waals surface area contributed by atoms with Crippen molar-refractivity contribution in [1.29, 1.82) is 0 Å². The molecule has 0 atom stereocenters. The van der Waals surface area contributed by atoms with Gasteiger partial charge in [-0.2, -0.15) is 0 Å². The van der Waals surface area contributed by atoms with Crippen LogP contribution in [0.1, 0.15) is 22.9 Å². The fraction of sp³-hybridized carbons (Fsp3) is 0.222. The maximum atomic E-state index is 5.55. The summed E-state index contributed by atoms with van der Waals surface area (Å²) in [4.78, 5) is 0. The van der Waals surface area contributed by atoms with Crippen molar-refractivity contribution in [3.63, 3.8) is 0 Å². The number of benzene rings is 2. The van der Waals surface area contributed by atoms with Crippen molar-refractivity contribution in [1.82, 2.24) is 15.5 Å². The molecule has 23 heavy (non-hydrogen) atoms. The summed E-state index contributed by atoms with van der Waals surface area (Å²) in [5.74, 6) is 0.794. The van der Waals surface area contributed by atoms with E-state index in [0.29, 0.717) is 25.0 Å². The highest BCUT2D eigenvalue weighted by molar-refractivity contribution is 5.35. The zero-order valence-corrected chi connectivity index (χ0v) is 13.1. The highest BCUT2D eigenvalue weighted by Crippen LogP contribution is 2.24. The van der Waals surface area contributed by atoms with Crippen LogP contribution in [0.5, 0.6) is 0 Å². The number of anilines is 1. The molecule has 0 aliphatic heterocycles. The number of hydrogen-bond acceptors (Lipinski definition) is 5. The Morgan fingerprint density at radius 3 is 2.09 bits per heavy atom. The third-order valence-corrected chi connectivity index (χ3v) is 3.66. The molecule has 118 valence electrons. The molecule has 0 amide bonds. The van der Waals surface area contributed by atoms with Crippen LogP contribution in [-0.2, 0) is 6.54 Å². The average Bonchev–Trinajstić information content (AvgIpc) is 3.05. The second kappa shape index (κ2) is 7.56. The Hall–Kier alpha value is -2.66. The molecule has 0 spiro atoms. The van der Waals surface area contributed by atoms with Crippen LogP contribution in [0.4, 0.5) is 6.01 Å². The Morgan fingerprint density at radius 1 is 0.913 bits per heavy atom. The summed E-state index contributed by atoms with van der Waals surface area (Å²) in [5, 5.41) is 14.3. The van der Waals surface area contributed by atoms with Gasteiger partial charge in [0.25, 0.3) is 0 Å². The fourth-order valence-corrected chi connectivity index (χ4v) is 2.54. The minimum absolute atomic E-state index is 0.219. The van der Waals surface area contributed by atoms with Gasteiger partial charge in [-0.15, -0.1) is 5.10 Å². The maximum Gasteiger partial charge on any atom is 0.315 e. The lowest BCUT2D eigenvalue weighted by molar-refractivity contribution is 0.489. The number of nitrogens with one attached hydrogen (secondary N) is 2. The maximum absolute atomic E-state index is 5.55. The van der Waals surface area contributed by atoms with Crippen LogP contribution in [0, 0.1) is 0 Å². The summed E-state index contributed by atoms with van der Waals surface area (Å²) in [6.45, 7) is 1.25. The molecule has 2 aromatic carbocycles. The van der Waals surface area contributed by atoms with Gasteiger partial charge in [0.15, 0.2) is 0 Å². The highest BCUT2D eigenvalue weighted by Gasteiger charge is 2.15. The molecular formula is C18H20N4O. The third-order valence-electron chi connectivity index (χ3n) is 3.66. The number of aromatic nitrogens is 2. The minimum Gasteiger partial charge on any atom is -0.407 e. The van der Waals surface area contributed by atoms with Gasteiger partial charge in [-0.3, -0.25) is 0 Å². The molecule has 0 radical (unpaired) electrons. The molecule has 3 aromatic rings. The SMILES string of the molecule is CNCc1nnc(NCC(c2ccccc2)c2ccccc2)o1. The van der Waals surface area contributed by atoms with Gasteiger partial charge in [-0.05, 0) is 18.2 Å². The Morgan fingerprint density at radius 2 is 1.52 bits per heavy atom. The van der Waals surface area contributed by atoms with Gasteiger partial charge in [0, 0.05) is 12.5 Å². The zero-order valence-electron chi connectivity index (χ0n) is 13.1. The quantitative estimate of drug-likeness (QED) is 0.702. The average molecular weight is 308 g/mol. The molecule has 0 saturated carbocycles. The van der Waals surface area contributed by atoms with Crippen molar-refractivity contribution in [2.24, 2.45) is 0 Å². The van der Waals surface area contributed by atoms with Gasteiger partial charge in [0.1, 0.15) is 0 Å². The number of rotatable bonds is 7. The van der Waals surface area contributed by atoms with E-state index >= 15 is 0 Å². The Bertz CT molecular complexity index is 673. The summed E-state index contributed by atoms with van der Waals surface area (Å²) >= 11 is 0. The summed E-state index contributed by atoms with van der Waals surface area (Å²) in [6.07, 6.45) is 0. The van der Waals surface area contributed by atoms with E-state index in [9.17, 15) is 0 Å². The van der Waals surface area contributed by atoms with E-state index in [1.807, 2.05) is 19.2 Å². The largest absolute Gasteiger partial charge is 0.407 e. The van der Waals surface area contributed by atoms with Crippen molar-refractivity contribution < 1.29 is 4.42 Å². The van der Waals surface area contributed by atoms with Crippen LogP contribution < -0.4 is 10.6 Å². The molecule has 0 fully saturated rings. The lowest BCUT2D eigenvalue weighted by Crippen LogP contribution is -2.14. The molecule has 5 heteroatoms. The van der Waals surface area contributed by atoms with E-state index in [2.05, 4.69) is 69.4 Å². The monoisotopic (exact) mass is 308 g/mol. The standard InChI is InChI=1S/C18H20N4O/c1-19-13-17-21-22-18(23-17)20-12-16(14-8-4-2-5-9-14)15-10-6-3-7-11-15/h2-11,16,19H,12-13H2,1H3,(H,20,22). The lowest BCUT2D eigenvalue weighted by Gasteiger charge is -2.18. The van der Waals surface area contributed by atoms with Crippen LogP contribution in [0.3, 0.4) is 0 Å².